The molecule has 21 nitrogen and oxygen atoms in total. The number of benzene rings is 1. The van der Waals surface area contributed by atoms with Crippen molar-refractivity contribution in [3.8, 4) is 0 Å². The minimum Gasteiger partial charge on any atom is -0.451 e. The summed E-state index contributed by atoms with van der Waals surface area (Å²) in [6.07, 6.45) is 5.30. The molecule has 0 saturated carbocycles. The van der Waals surface area contributed by atoms with Crippen LogP contribution >= 0.6 is 21.0 Å². The minimum absolute atomic E-state index is 0.00140. The number of nitrogens with zero attached hydrogens (tertiary/aromatic N) is 6. The first-order valence-electron chi connectivity index (χ1n) is 32.0. The summed E-state index contributed by atoms with van der Waals surface area (Å²) in [4.78, 5) is 44.1. The second-order valence-electron chi connectivity index (χ2n) is 26.8. The van der Waals surface area contributed by atoms with E-state index in [0.717, 1.165) is 41.5 Å². The van der Waals surface area contributed by atoms with Gasteiger partial charge in [0, 0.05) is 87.7 Å². The first-order valence-corrected chi connectivity index (χ1v) is 34.2. The van der Waals surface area contributed by atoms with Gasteiger partial charge in [0.2, 0.25) is 0 Å². The number of aliphatic hydroxyl groups is 1. The number of halogens is 2. The van der Waals surface area contributed by atoms with E-state index in [9.17, 15) is 14.7 Å². The maximum Gasteiger partial charge on any atom is 0.544 e. The Morgan fingerprint density at radius 1 is 1.07 bits per heavy atom. The van der Waals surface area contributed by atoms with Gasteiger partial charge in [-0.15, -0.1) is 15.1 Å². The van der Waals surface area contributed by atoms with Gasteiger partial charge in [0.25, 0.3) is 0 Å². The van der Waals surface area contributed by atoms with Crippen LogP contribution in [0.5, 0.6) is 0 Å². The number of ether oxygens (including phenoxy) is 9. The number of aliphatic hydroxyl groups excluding tert-OH is 1. The molecule has 7 heterocycles. The second-order valence-corrected chi connectivity index (χ2v) is 28.9. The van der Waals surface area contributed by atoms with Crippen molar-refractivity contribution in [1.29, 1.82) is 0 Å². The molecule has 1 aromatic heterocycles. The summed E-state index contributed by atoms with van der Waals surface area (Å²) in [6, 6.07) is 7.16. The van der Waals surface area contributed by atoms with Crippen molar-refractivity contribution in [2.45, 2.75) is 219 Å². The fourth-order valence-electron chi connectivity index (χ4n) is 14.5. The molecule has 0 spiro atoms. The maximum absolute atomic E-state index is 15.3. The van der Waals surface area contributed by atoms with Gasteiger partial charge >= 0.3 is 17.8 Å². The number of esters is 1. The molecule has 1 aromatic carbocycles. The van der Waals surface area contributed by atoms with Crippen LogP contribution in [0.3, 0.4) is 0 Å². The Balaban J connectivity index is 0.995. The number of hydrogen-bond acceptors (Lipinski definition) is 18. The van der Waals surface area contributed by atoms with Gasteiger partial charge in [-0.3, -0.25) is 4.79 Å². The third-order valence-corrected chi connectivity index (χ3v) is 22.1. The third kappa shape index (κ3) is 15.7. The van der Waals surface area contributed by atoms with Crippen LogP contribution in [0.2, 0.25) is 0 Å². The normalized spacial score (nSPS) is 32.2. The molecule has 2 aromatic rings. The Labute approximate surface area is 531 Å². The van der Waals surface area contributed by atoms with E-state index in [1.54, 1.807) is 28.4 Å². The molecule has 6 aliphatic heterocycles. The minimum atomic E-state index is -1.30. The van der Waals surface area contributed by atoms with Crippen molar-refractivity contribution in [1.82, 2.24) is 28.6 Å². The molecule has 0 aliphatic carbocycles. The Bertz CT molecular complexity index is 2720. The van der Waals surface area contributed by atoms with E-state index in [1.165, 1.54) is 0 Å². The Hall–Kier alpha value is -3.70. The van der Waals surface area contributed by atoms with E-state index in [4.69, 9.17) is 47.8 Å². The molecular formula is C65H103FIN7O14+2. The highest BCUT2D eigenvalue weighted by Crippen LogP contribution is 2.48. The van der Waals surface area contributed by atoms with Gasteiger partial charge < -0.3 is 62.6 Å². The molecule has 8 rings (SSSR count). The lowest BCUT2D eigenvalue weighted by Gasteiger charge is -2.55. The number of amides is 1. The molecule has 23 heteroatoms. The summed E-state index contributed by atoms with van der Waals surface area (Å²) in [6.45, 7) is 25.0. The van der Waals surface area contributed by atoms with Crippen molar-refractivity contribution in [2.24, 2.45) is 41.4 Å². The Morgan fingerprint density at radius 2 is 1.78 bits per heavy atom. The van der Waals surface area contributed by atoms with Gasteiger partial charge in [-0.2, -0.15) is 4.79 Å². The number of allylic oxidation sites excluding steroid dienone is 4. The lowest BCUT2D eigenvalue weighted by atomic mass is 9.69. The average Bonchev–Trinajstić information content (AvgIpc) is 1.29. The molecular weight excluding hydrogens is 1250 g/mol. The highest BCUT2D eigenvalue weighted by atomic mass is 127. The number of nitrogens with one attached hydrogen (secondary N) is 1. The van der Waals surface area contributed by atoms with Gasteiger partial charge in [-0.1, -0.05) is 87.3 Å². The number of likely N-dealkylation sites (N-methyl/N-ethyl adjacent to an activating group) is 1. The molecule has 20 atom stereocenters. The highest BCUT2D eigenvalue weighted by Gasteiger charge is 2.75. The predicted octanol–water partition coefficient (Wildman–Crippen LogP) is 8.87. The highest BCUT2D eigenvalue weighted by molar-refractivity contribution is 14.2. The van der Waals surface area contributed by atoms with Crippen LogP contribution in [-0.2, 0) is 58.6 Å². The number of aromatic nitrogens is 3. The molecule has 1 amide bonds. The molecule has 0 radical (unpaired) electrons. The average molecular weight is 1350 g/mol. The van der Waals surface area contributed by atoms with E-state index in [0.29, 0.717) is 76.4 Å². The summed E-state index contributed by atoms with van der Waals surface area (Å²) in [7, 11) is 5.26. The van der Waals surface area contributed by atoms with Gasteiger partial charge in [0.1, 0.15) is 37.8 Å². The fraction of sp³-hybridized carbons (Fsp3) is 0.754. The van der Waals surface area contributed by atoms with Gasteiger partial charge in [0.15, 0.2) is 18.6 Å². The number of cyclic esters (lactones) is 1. The SMILES string of the molecule is CC[C@@H](OC(=O)[C@H](C)C([C@H]1C[C@H](C)[C@@H](O)[C@H](C)O1)[C@H](C)[C@@H](O[C@H]1C[C@@H](N(C)CCc2cn([C@H](CF)[C@H](OC)c3ccc(C4=CC=C(C)N([OH2+])I=C4)cc3)nn2)C[C@@H](C)O1)[C@@](C)(C[C@@H](C)C=O)OC)[C@@]1(C)OC(=O)[N+]1(CC(C)C)NC1OC1C1CCOCC1. The van der Waals surface area contributed by atoms with E-state index in [-0.39, 0.29) is 40.9 Å². The standard InChI is InChI=1S/C65H102FIN7O14/c1-16-54(65(12)74(36-38(2)3,63(78)88-65)69-61-59(87-61)48-24-27-82-28-25-48)85-62(77)44(9)56(53-29-40(5)57(76)45(10)84-53)43(8)60(64(11,81-15)32-39(4)37-75)86-55-31-51(30-42(7)83-55)71(13)26-23-50-35-72(70-68-50)52(33-66)58(80-14)47-21-19-46(20-22-47)49-18-17-41(6)73(79)67-34-49/h17-22,34-35,37-40,42-45,48,51-61,69,76,79H,16,23-33,36H2,1-15H3/q+1/p+1/t39-,40+,42-,43+,44-,45+,51+,52-,53-,54-,55+,56?,57-,58-,59?,60-,61?,64-,65-,74?/m1/s1. The molecule has 0 bridgehead atoms. The topological polar surface area (TPSA) is 230 Å². The van der Waals surface area contributed by atoms with Gasteiger partial charge in [0.05, 0.1) is 74.4 Å². The van der Waals surface area contributed by atoms with Crippen molar-refractivity contribution in [3.63, 3.8) is 0 Å². The lowest BCUT2D eigenvalue weighted by molar-refractivity contribution is -1.02. The number of aldehydes is 1. The smallest absolute Gasteiger partial charge is 0.451 e. The second kappa shape index (κ2) is 30.4. The van der Waals surface area contributed by atoms with Crippen LogP contribution in [0.4, 0.5) is 9.18 Å². The zero-order valence-electron chi connectivity index (χ0n) is 54.6. The van der Waals surface area contributed by atoms with Crippen LogP contribution in [0.1, 0.15) is 157 Å². The van der Waals surface area contributed by atoms with Gasteiger partial charge in [-0.25, -0.2) is 9.07 Å². The van der Waals surface area contributed by atoms with E-state index < -0.39 is 124 Å². The number of hydroxylamine groups is 1. The largest absolute Gasteiger partial charge is 0.544 e. The number of alkyl halides is 1. The quantitative estimate of drug-likeness (QED) is 0.0141. The van der Waals surface area contributed by atoms with Crippen molar-refractivity contribution in [3.05, 3.63) is 65.1 Å². The van der Waals surface area contributed by atoms with Crippen LogP contribution in [0, 0.1) is 41.4 Å². The summed E-state index contributed by atoms with van der Waals surface area (Å²) < 4.78 is 78.0. The summed E-state index contributed by atoms with van der Waals surface area (Å²) in [5, 5.41) is 28.4. The Kier molecular flexibility index (Phi) is 24.2. The van der Waals surface area contributed by atoms with Crippen molar-refractivity contribution < 1.29 is 76.3 Å². The summed E-state index contributed by atoms with van der Waals surface area (Å²) in [5.74, 6) is -2.66. The number of quaternary nitrogens is 1. The lowest BCUT2D eigenvalue weighted by Crippen LogP contribution is -2.87. The number of epoxide rings is 1. The zero-order chi connectivity index (χ0) is 64.0. The van der Waals surface area contributed by atoms with Gasteiger partial charge in [-0.05, 0) is 114 Å². The van der Waals surface area contributed by atoms with E-state index in [1.807, 2.05) is 120 Å². The number of carbonyl (C=O) groups is 3. The molecule has 88 heavy (non-hydrogen) atoms. The van der Waals surface area contributed by atoms with Crippen LogP contribution in [-0.4, -0.2) is 187 Å². The first kappa shape index (κ1) is 70.2. The maximum atomic E-state index is 15.3. The monoisotopic (exact) mass is 1350 g/mol. The molecule has 5 fully saturated rings. The molecule has 5 saturated heterocycles. The molecule has 6 aliphatic rings. The van der Waals surface area contributed by atoms with E-state index in [2.05, 4.69) is 31.7 Å². The number of methoxy groups -OCH3 is 2. The molecule has 4 N–H and O–H groups in total. The summed E-state index contributed by atoms with van der Waals surface area (Å²) >= 11 is -0.617. The third-order valence-electron chi connectivity index (χ3n) is 19.8. The Morgan fingerprint density at radius 3 is 2.41 bits per heavy atom. The first-order chi connectivity index (χ1) is 41.8. The van der Waals surface area contributed by atoms with Crippen LogP contribution in [0.25, 0.3) is 5.57 Å². The molecule has 4 unspecified atom stereocenters. The number of hydrogen-bond donors (Lipinski definition) is 2. The number of rotatable bonds is 30. The van der Waals surface area contributed by atoms with Crippen LogP contribution < -0.4 is 5.43 Å². The van der Waals surface area contributed by atoms with Crippen molar-refractivity contribution in [2.75, 3.05) is 54.2 Å². The van der Waals surface area contributed by atoms with Crippen LogP contribution in [0.15, 0.2) is 48.3 Å². The molecule has 494 valence electrons. The summed E-state index contributed by atoms with van der Waals surface area (Å²) in [5.41, 5.74) is 5.65. The van der Waals surface area contributed by atoms with E-state index >= 15 is 9.18 Å². The predicted molar refractivity (Wildman–Crippen MR) is 339 cm³/mol. The zero-order valence-corrected chi connectivity index (χ0v) is 56.8. The fourth-order valence-corrected chi connectivity index (χ4v) is 16.2. The van der Waals surface area contributed by atoms with Crippen molar-refractivity contribution >= 4 is 48.9 Å². The number of carbonyl (C=O) groups excluding carboxylic acids is 3.